The van der Waals surface area contributed by atoms with Crippen LogP contribution in [0.25, 0.3) is 0 Å². The molecule has 2 heterocycles. The summed E-state index contributed by atoms with van der Waals surface area (Å²) in [5.41, 5.74) is 2.40. The first-order valence-electron chi connectivity index (χ1n) is 23.2. The summed E-state index contributed by atoms with van der Waals surface area (Å²) in [5.74, 6) is 0.0639. The molecule has 2 fully saturated rings. The summed E-state index contributed by atoms with van der Waals surface area (Å²) in [7, 11) is 0. The molecule has 1 saturated carbocycles. The van der Waals surface area contributed by atoms with Crippen molar-refractivity contribution in [2.75, 3.05) is 45.3 Å². The first-order chi connectivity index (χ1) is 31.8. The lowest BCUT2D eigenvalue weighted by Gasteiger charge is -2.59. The number of benzene rings is 3. The number of ether oxygens (including phenoxy) is 5. The molecule has 7 rings (SSSR count). The Labute approximate surface area is 386 Å². The molecule has 0 bridgehead atoms. The molecule has 350 valence electrons. The van der Waals surface area contributed by atoms with Crippen LogP contribution in [0.1, 0.15) is 89.0 Å². The van der Waals surface area contributed by atoms with Crippen LogP contribution in [-0.2, 0) is 14.3 Å². The van der Waals surface area contributed by atoms with Crippen LogP contribution >= 0.6 is 11.8 Å². The van der Waals surface area contributed by atoms with Crippen molar-refractivity contribution in [1.29, 1.82) is 0 Å². The fourth-order valence-electron chi connectivity index (χ4n) is 9.90. The summed E-state index contributed by atoms with van der Waals surface area (Å²) in [6.45, 7) is 7.60. The van der Waals surface area contributed by atoms with E-state index in [1.165, 1.54) is 29.2 Å². The summed E-state index contributed by atoms with van der Waals surface area (Å²) in [5, 5.41) is 36.3. The minimum atomic E-state index is -1.48. The Morgan fingerprint density at radius 2 is 1.80 bits per heavy atom. The molecule has 0 radical (unpaired) electrons. The van der Waals surface area contributed by atoms with E-state index in [2.05, 4.69) is 30.9 Å². The van der Waals surface area contributed by atoms with Gasteiger partial charge in [-0.05, 0) is 105 Å². The average Bonchev–Trinajstić information content (AvgIpc) is 3.32. The van der Waals surface area contributed by atoms with E-state index in [0.29, 0.717) is 56.1 Å². The lowest BCUT2D eigenvalue weighted by Crippen LogP contribution is -2.70. The van der Waals surface area contributed by atoms with Crippen LogP contribution in [0, 0.1) is 27.9 Å². The van der Waals surface area contributed by atoms with Gasteiger partial charge < -0.3 is 38.7 Å². The van der Waals surface area contributed by atoms with E-state index in [1.54, 1.807) is 22.7 Å². The number of amides is 1. The molecule has 65 heavy (non-hydrogen) atoms. The molecule has 2 aliphatic heterocycles. The van der Waals surface area contributed by atoms with Crippen LogP contribution in [0.4, 0.5) is 10.5 Å². The minimum Gasteiger partial charge on any atom is -0.493 e. The zero-order chi connectivity index (χ0) is 45.6. The fraction of sp³-hybridized carbons (Fsp3) is 0.520. The number of nitrogens with zero attached hydrogens (tertiary/aromatic N) is 3. The van der Waals surface area contributed by atoms with E-state index >= 15 is 0 Å². The van der Waals surface area contributed by atoms with Gasteiger partial charge in [-0.1, -0.05) is 55.3 Å². The predicted octanol–water partition coefficient (Wildman–Crippen LogP) is 9.84. The van der Waals surface area contributed by atoms with Gasteiger partial charge in [-0.2, -0.15) is 0 Å². The first-order valence-corrected chi connectivity index (χ1v) is 24.2. The van der Waals surface area contributed by atoms with E-state index in [1.807, 2.05) is 37.3 Å². The Kier molecular flexibility index (Phi) is 17.4. The number of fused-ring (bicyclic) bond motifs is 2. The van der Waals surface area contributed by atoms with Crippen LogP contribution in [0.3, 0.4) is 0 Å². The summed E-state index contributed by atoms with van der Waals surface area (Å²) >= 11 is 1.73. The zero-order valence-electron chi connectivity index (χ0n) is 37.3. The van der Waals surface area contributed by atoms with Crippen LogP contribution < -0.4 is 14.2 Å². The second-order valence-electron chi connectivity index (χ2n) is 17.0. The molecule has 7 unspecified atom stereocenters. The Balaban J connectivity index is 1.36. The molecule has 14 nitrogen and oxygen atoms in total. The first kappa shape index (κ1) is 48.0. The highest BCUT2D eigenvalue weighted by Crippen LogP contribution is 2.62. The van der Waals surface area contributed by atoms with E-state index < -0.39 is 35.1 Å². The summed E-state index contributed by atoms with van der Waals surface area (Å²) in [6.07, 6.45) is 10.6. The third kappa shape index (κ3) is 11.5. The van der Waals surface area contributed by atoms with Gasteiger partial charge in [0.1, 0.15) is 23.3 Å². The van der Waals surface area contributed by atoms with Crippen molar-refractivity contribution in [2.45, 2.75) is 106 Å². The maximum absolute atomic E-state index is 14.7. The van der Waals surface area contributed by atoms with E-state index in [-0.39, 0.29) is 62.0 Å². The lowest BCUT2D eigenvalue weighted by atomic mass is 9.55. The molecule has 15 heteroatoms. The van der Waals surface area contributed by atoms with Gasteiger partial charge >= 0.3 is 6.09 Å². The topological polar surface area (TPSA) is 172 Å². The van der Waals surface area contributed by atoms with Crippen LogP contribution in [0.5, 0.6) is 17.2 Å². The van der Waals surface area contributed by atoms with Crippen LogP contribution in [0.2, 0.25) is 0 Å². The number of allylic oxidation sites excluding steroid dienone is 1. The van der Waals surface area contributed by atoms with E-state index in [4.69, 9.17) is 33.7 Å². The number of unbranched alkanes of at least 4 members (excludes halogenated alkanes) is 2. The van der Waals surface area contributed by atoms with Gasteiger partial charge in [0.2, 0.25) is 12.1 Å². The number of aliphatic hydroxyl groups excluding tert-OH is 2. The Bertz CT molecular complexity index is 2100. The molecule has 1 amide bonds. The van der Waals surface area contributed by atoms with Gasteiger partial charge in [-0.3, -0.25) is 15.0 Å². The van der Waals surface area contributed by atoms with Gasteiger partial charge in [-0.25, -0.2) is 4.79 Å². The number of nitro groups is 1. The Morgan fingerprint density at radius 3 is 2.51 bits per heavy atom. The third-order valence-electron chi connectivity index (χ3n) is 12.8. The number of carbonyl (C=O) groups is 1. The van der Waals surface area contributed by atoms with Crippen molar-refractivity contribution < 1.29 is 48.5 Å². The molecule has 0 aromatic heterocycles. The van der Waals surface area contributed by atoms with Crippen molar-refractivity contribution >= 4 is 29.3 Å². The van der Waals surface area contributed by atoms with Crippen molar-refractivity contribution in [3.8, 4) is 17.2 Å². The number of non-ortho nitro benzene ring substituents is 1. The number of aliphatic hydroxyl groups is 2. The second-order valence-corrected chi connectivity index (χ2v) is 18.2. The summed E-state index contributed by atoms with van der Waals surface area (Å²) < 4.78 is 32.9. The molecular formula is C50H63N3O11S. The second kappa shape index (κ2) is 23.5. The molecule has 0 spiro atoms. The number of nitro benzene ring substituents is 1. The quantitative estimate of drug-likeness (QED) is 0.0304. The molecule has 3 aromatic carbocycles. The third-order valence-corrected chi connectivity index (χ3v) is 13.7. The number of oxime groups is 1. The highest BCUT2D eigenvalue weighted by molar-refractivity contribution is 7.99. The number of carbonyl (C=O) groups excluding carboxylic acids is 1. The predicted molar refractivity (Wildman–Crippen MR) is 248 cm³/mol. The summed E-state index contributed by atoms with van der Waals surface area (Å²) in [6, 6.07) is 20.8. The van der Waals surface area contributed by atoms with E-state index in [9.17, 15) is 25.1 Å². The lowest BCUT2D eigenvalue weighted by molar-refractivity contribution is -0.384. The Hall–Kier alpha value is -4.93. The van der Waals surface area contributed by atoms with E-state index in [0.717, 1.165) is 55.4 Å². The number of rotatable bonds is 23. The average molecular weight is 914 g/mol. The number of hydrogen-bond acceptors (Lipinski definition) is 13. The normalized spacial score (nSPS) is 25.0. The van der Waals surface area contributed by atoms with Gasteiger partial charge in [0.05, 0.1) is 36.4 Å². The van der Waals surface area contributed by atoms with Gasteiger partial charge in [0.15, 0.2) is 0 Å². The Morgan fingerprint density at radius 1 is 1.03 bits per heavy atom. The molecule has 2 aliphatic carbocycles. The molecule has 3 aromatic rings. The van der Waals surface area contributed by atoms with Crippen LogP contribution in [0.15, 0.2) is 107 Å². The SMILES string of the molecule is C=CCOC12Oc3ccc(OCCSc4ccccc4)cc3C3C(CCCCO)C(CCCCO)C=C(C(=NOC4CCCCO4)CC1N(CCC)C(=O)Oc1ccc([N+](=O)[O-])cc1)C32. The van der Waals surface area contributed by atoms with Crippen molar-refractivity contribution in [3.05, 3.63) is 113 Å². The fourth-order valence-corrected chi connectivity index (χ4v) is 10.7. The maximum atomic E-state index is 14.7. The maximum Gasteiger partial charge on any atom is 0.415 e. The molecule has 2 N–H and O–H groups in total. The van der Waals surface area contributed by atoms with Gasteiger partial charge in [0, 0.05) is 66.9 Å². The molecule has 7 atom stereocenters. The molecule has 1 saturated heterocycles. The monoisotopic (exact) mass is 913 g/mol. The molecular weight excluding hydrogens is 851 g/mol. The summed E-state index contributed by atoms with van der Waals surface area (Å²) in [4.78, 5) is 34.7. The van der Waals surface area contributed by atoms with Crippen molar-refractivity contribution in [1.82, 2.24) is 4.90 Å². The standard InChI is InChI=1S/C50H63N3O11S/c1-3-25-52(49(56)62-37-21-19-36(20-22-37)53(57)58)45-34-43(51-64-46-18-10-13-29-60-46)41-32-35(14-8-11-26-54)40(17-9-12-27-55)47-42-33-38(59-30-31-65-39-15-6-5-7-16-39)23-24-44(42)63-50(45,48(41)47)61-28-4-2/h4-7,15-16,19-24,32-33,35,40,45-48,54-55H,2-3,8-14,17-18,25-31,34H2,1H3. The minimum absolute atomic E-state index is 0.0292. The number of hydrogen-bond donors (Lipinski definition) is 2. The smallest absolute Gasteiger partial charge is 0.415 e. The number of thioether (sulfide) groups is 1. The van der Waals surface area contributed by atoms with Gasteiger partial charge in [0.25, 0.3) is 5.69 Å². The highest BCUT2D eigenvalue weighted by Gasteiger charge is 2.65. The largest absolute Gasteiger partial charge is 0.493 e. The van der Waals surface area contributed by atoms with Crippen molar-refractivity contribution in [3.63, 3.8) is 0 Å². The molecule has 4 aliphatic rings. The van der Waals surface area contributed by atoms with Crippen LogP contribution in [-0.4, -0.2) is 95.3 Å². The van der Waals surface area contributed by atoms with Gasteiger partial charge in [-0.15, -0.1) is 18.3 Å². The highest BCUT2D eigenvalue weighted by atomic mass is 32.2. The zero-order valence-corrected chi connectivity index (χ0v) is 38.1. The van der Waals surface area contributed by atoms with Crippen molar-refractivity contribution in [2.24, 2.45) is 22.9 Å².